The number of fused-ring (bicyclic) bond motifs is 13. The van der Waals surface area contributed by atoms with Crippen LogP contribution in [-0.4, -0.2) is 17.3 Å². The average Bonchev–Trinajstić information content (AvgIpc) is 0.791. The standard InChI is InChI=1S/C90H76BN3O2/c1-5-23-57(24-6-1)66-35-21-36-67(58-25-7-2-8-26-58)89(66)93-80-53-63(61-44-49-86-74(51-61)72-33-15-19-41-84(72)95-86)43-47-76(80)91-77-48-46-65(92-78-39-17-13-31-70(78)71-32-14-18-40-79(71)92)56-81(77)94(90-68(59-27-9-3-10-28-59)37-22-38-69(90)60-29-11-4-12-30-60)83-55-64(54-82(93)88(83)91)62-45-50-87-75(52-62)73-34-16-20-42-85(73)96-87/h3,9-11,13-20,22,27-34,37-58,66-67,89H,1-2,4-8,12,21,23-26,35-36H2. The van der Waals surface area contributed by atoms with E-state index < -0.39 is 0 Å². The third kappa shape index (κ3) is 8.96. The highest BCUT2D eigenvalue weighted by Crippen LogP contribution is 2.55. The Labute approximate surface area is 562 Å². The van der Waals surface area contributed by atoms with Crippen molar-refractivity contribution in [2.24, 2.45) is 23.7 Å². The van der Waals surface area contributed by atoms with Crippen molar-refractivity contribution < 1.29 is 8.83 Å². The molecule has 0 spiro atoms. The Hall–Kier alpha value is -10.0. The molecule has 0 bridgehead atoms. The van der Waals surface area contributed by atoms with Gasteiger partial charge in [-0.25, -0.2) is 0 Å². The minimum Gasteiger partial charge on any atom is -0.456 e. The summed E-state index contributed by atoms with van der Waals surface area (Å²) in [6.45, 7) is -0.102. The fraction of sp³-hybridized carbons (Fsp3) is 0.222. The zero-order valence-electron chi connectivity index (χ0n) is 54.4. The van der Waals surface area contributed by atoms with Gasteiger partial charge in [0.1, 0.15) is 22.3 Å². The lowest BCUT2D eigenvalue weighted by molar-refractivity contribution is 0.0839. The molecule has 6 heteroatoms. The molecule has 0 saturated heterocycles. The van der Waals surface area contributed by atoms with Crippen molar-refractivity contribution in [3.8, 4) is 39.1 Å². The van der Waals surface area contributed by atoms with E-state index in [4.69, 9.17) is 8.83 Å². The number of para-hydroxylation sites is 5. The van der Waals surface area contributed by atoms with Crippen LogP contribution in [0.3, 0.4) is 0 Å². The molecule has 2 unspecified atom stereocenters. The predicted octanol–water partition coefficient (Wildman–Crippen LogP) is 23.0. The molecule has 2 atom stereocenters. The van der Waals surface area contributed by atoms with Crippen molar-refractivity contribution in [1.82, 2.24) is 4.57 Å². The highest BCUT2D eigenvalue weighted by atomic mass is 16.3. The first-order chi connectivity index (χ1) is 47.6. The van der Waals surface area contributed by atoms with E-state index in [1.807, 2.05) is 0 Å². The van der Waals surface area contributed by atoms with Gasteiger partial charge in [0.25, 0.3) is 6.71 Å². The lowest BCUT2D eigenvalue weighted by atomic mass is 9.33. The van der Waals surface area contributed by atoms with E-state index >= 15 is 0 Å². The molecule has 466 valence electrons. The molecular weight excluding hydrogens is 1170 g/mol. The van der Waals surface area contributed by atoms with E-state index in [9.17, 15) is 0 Å². The summed E-state index contributed by atoms with van der Waals surface area (Å²) in [5.41, 5.74) is 27.6. The van der Waals surface area contributed by atoms with Gasteiger partial charge < -0.3 is 23.2 Å². The molecule has 3 fully saturated rings. The van der Waals surface area contributed by atoms with Gasteiger partial charge in [-0.1, -0.05) is 241 Å². The molecule has 4 aliphatic carbocycles. The second-order valence-corrected chi connectivity index (χ2v) is 28.8. The minimum absolute atomic E-state index is 0.102. The molecule has 0 amide bonds. The molecule has 5 heterocycles. The number of benzene rings is 11. The van der Waals surface area contributed by atoms with E-state index in [-0.39, 0.29) is 6.71 Å². The maximum atomic E-state index is 6.66. The van der Waals surface area contributed by atoms with Gasteiger partial charge in [-0.2, -0.15) is 0 Å². The zero-order valence-corrected chi connectivity index (χ0v) is 54.4. The Kier molecular flexibility index (Phi) is 13.4. The van der Waals surface area contributed by atoms with Gasteiger partial charge in [0.2, 0.25) is 0 Å². The fourth-order valence-electron chi connectivity index (χ4n) is 19.5. The van der Waals surface area contributed by atoms with Crippen molar-refractivity contribution in [3.63, 3.8) is 0 Å². The normalized spacial score (nSPS) is 19.0. The molecular formula is C90H76BN3O2. The second-order valence-electron chi connectivity index (χ2n) is 28.8. The molecule has 2 aliphatic heterocycles. The fourth-order valence-corrected chi connectivity index (χ4v) is 19.5. The number of hydrogen-bond donors (Lipinski definition) is 0. The number of anilines is 5. The van der Waals surface area contributed by atoms with Crippen molar-refractivity contribution in [3.05, 3.63) is 254 Å². The van der Waals surface area contributed by atoms with Crippen LogP contribution in [0, 0.1) is 23.7 Å². The van der Waals surface area contributed by atoms with E-state index in [0.717, 1.165) is 62.4 Å². The third-order valence-electron chi connectivity index (χ3n) is 23.8. The largest absolute Gasteiger partial charge is 0.456 e. The number of rotatable bonds is 9. The van der Waals surface area contributed by atoms with Gasteiger partial charge in [0.05, 0.1) is 16.7 Å². The summed E-state index contributed by atoms with van der Waals surface area (Å²) in [7, 11) is 0. The number of hydrogen-bond acceptors (Lipinski definition) is 4. The topological polar surface area (TPSA) is 37.7 Å². The molecule has 3 saturated carbocycles. The third-order valence-corrected chi connectivity index (χ3v) is 23.8. The first-order valence-electron chi connectivity index (χ1n) is 36.1. The van der Waals surface area contributed by atoms with Crippen LogP contribution < -0.4 is 26.2 Å². The molecule has 11 aromatic carbocycles. The van der Waals surface area contributed by atoms with Crippen LogP contribution in [0.4, 0.5) is 28.4 Å². The Morgan fingerprint density at radius 1 is 0.365 bits per heavy atom. The minimum atomic E-state index is -0.102. The number of furan rings is 2. The predicted molar refractivity (Wildman–Crippen MR) is 404 cm³/mol. The van der Waals surface area contributed by atoms with Gasteiger partial charge in [0, 0.05) is 77.9 Å². The summed E-state index contributed by atoms with van der Waals surface area (Å²) in [6, 6.07) is 88.5. The van der Waals surface area contributed by atoms with Crippen LogP contribution >= 0.6 is 0 Å². The van der Waals surface area contributed by atoms with Gasteiger partial charge >= 0.3 is 0 Å². The number of nitrogens with zero attached hydrogens (tertiary/aromatic N) is 3. The quantitative estimate of drug-likeness (QED) is 0.135. The Morgan fingerprint density at radius 3 is 1.56 bits per heavy atom. The van der Waals surface area contributed by atoms with Crippen LogP contribution in [-0.2, 0) is 0 Å². The van der Waals surface area contributed by atoms with Crippen molar-refractivity contribution in [2.75, 3.05) is 9.80 Å². The van der Waals surface area contributed by atoms with Crippen molar-refractivity contribution in [1.29, 1.82) is 0 Å². The number of allylic oxidation sites excluding steroid dienone is 4. The van der Waals surface area contributed by atoms with Gasteiger partial charge in [0.15, 0.2) is 0 Å². The van der Waals surface area contributed by atoms with Crippen LogP contribution in [0.2, 0.25) is 0 Å². The molecule has 6 aliphatic rings. The van der Waals surface area contributed by atoms with Crippen LogP contribution in [0.25, 0.3) is 110 Å². The summed E-state index contributed by atoms with van der Waals surface area (Å²) in [4.78, 5) is 5.89. The first-order valence-corrected chi connectivity index (χ1v) is 36.1. The molecule has 96 heavy (non-hydrogen) atoms. The SMILES string of the molecule is C1=CC(c2cccc(-c3ccccc3)c2N2c3cc(-n4c5ccccc5c5ccccc54)ccc3B3c4ccc(-c5ccc6oc7ccccc7c6c5)cc4N(C4C(C5CCCCC5)CCCC4C4CCCCC4)c4cc(-c5ccc6oc7ccccc7c6c5)cc2c43)=CCC1. The molecule has 5 nitrogen and oxygen atoms in total. The molecule has 0 N–H and O–H groups in total. The average molecular weight is 1240 g/mol. The monoisotopic (exact) mass is 1240 g/mol. The summed E-state index contributed by atoms with van der Waals surface area (Å²) in [5.74, 6) is 2.47. The zero-order chi connectivity index (χ0) is 63.0. The van der Waals surface area contributed by atoms with Crippen LogP contribution in [0.15, 0.2) is 258 Å². The first kappa shape index (κ1) is 56.3. The van der Waals surface area contributed by atoms with E-state index in [1.165, 1.54) is 195 Å². The van der Waals surface area contributed by atoms with Gasteiger partial charge in [-0.15, -0.1) is 0 Å². The van der Waals surface area contributed by atoms with Crippen molar-refractivity contribution >= 4 is 123 Å². The van der Waals surface area contributed by atoms with Crippen LogP contribution in [0.5, 0.6) is 0 Å². The molecule has 3 aromatic heterocycles. The smallest absolute Gasteiger partial charge is 0.252 e. The van der Waals surface area contributed by atoms with Crippen LogP contribution in [0.1, 0.15) is 102 Å². The lowest BCUT2D eigenvalue weighted by Crippen LogP contribution is -2.64. The Balaban J connectivity index is 0.927. The Bertz CT molecular complexity index is 5420. The van der Waals surface area contributed by atoms with E-state index in [1.54, 1.807) is 0 Å². The molecule has 20 rings (SSSR count). The maximum Gasteiger partial charge on any atom is 0.252 e. The molecule has 0 radical (unpaired) electrons. The second kappa shape index (κ2) is 22.8. The number of aromatic nitrogens is 1. The Morgan fingerprint density at radius 2 is 0.906 bits per heavy atom. The maximum absolute atomic E-state index is 6.66. The lowest BCUT2D eigenvalue weighted by Gasteiger charge is -2.55. The molecule has 14 aromatic rings. The summed E-state index contributed by atoms with van der Waals surface area (Å²) in [5, 5.41) is 7.14. The highest BCUT2D eigenvalue weighted by Gasteiger charge is 2.51. The van der Waals surface area contributed by atoms with Crippen molar-refractivity contribution in [2.45, 2.75) is 102 Å². The van der Waals surface area contributed by atoms with E-state index in [0.29, 0.717) is 29.7 Å². The van der Waals surface area contributed by atoms with Gasteiger partial charge in [-0.3, -0.25) is 0 Å². The highest BCUT2D eigenvalue weighted by molar-refractivity contribution is 7.00. The summed E-state index contributed by atoms with van der Waals surface area (Å²) < 4.78 is 15.7. The van der Waals surface area contributed by atoms with E-state index in [2.05, 4.69) is 263 Å². The van der Waals surface area contributed by atoms with Gasteiger partial charge in [-0.05, 0) is 178 Å². The summed E-state index contributed by atoms with van der Waals surface area (Å²) >= 11 is 0. The summed E-state index contributed by atoms with van der Waals surface area (Å²) in [6.07, 6.45) is 26.6.